The largest absolute Gasteiger partial charge is 0.468 e. The highest BCUT2D eigenvalue weighted by atomic mass is 32.2. The lowest BCUT2D eigenvalue weighted by molar-refractivity contribution is -0.137. The van der Waals surface area contributed by atoms with E-state index in [-0.39, 0.29) is 11.9 Å². The number of ether oxygens (including phenoxy) is 1. The molecule has 1 aliphatic heterocycles. The van der Waals surface area contributed by atoms with E-state index in [1.807, 2.05) is 6.07 Å². The summed E-state index contributed by atoms with van der Waals surface area (Å²) in [5.74, 6) is 1.52. The number of thioether (sulfide) groups is 1. The second-order valence-corrected chi connectivity index (χ2v) is 8.04. The third kappa shape index (κ3) is 7.79. The van der Waals surface area contributed by atoms with E-state index in [0.29, 0.717) is 24.5 Å². The molecule has 2 rings (SSSR count). The quantitative estimate of drug-likeness (QED) is 0.529. The van der Waals surface area contributed by atoms with Crippen LogP contribution in [-0.2, 0) is 27.4 Å². The number of piperidine rings is 1. The molecule has 6 heteroatoms. The number of hydrogen-bond donors (Lipinski definition) is 1. The third-order valence-electron chi connectivity index (χ3n) is 4.68. The Hall–Kier alpha value is -1.53. The first-order valence-corrected chi connectivity index (χ1v) is 10.4. The van der Waals surface area contributed by atoms with Gasteiger partial charge in [-0.25, -0.2) is 0 Å². The molecule has 144 valence electrons. The molecule has 5 nitrogen and oxygen atoms in total. The Morgan fingerprint density at radius 1 is 1.27 bits per heavy atom. The zero-order valence-corrected chi connectivity index (χ0v) is 16.6. The molecular weight excluding hydrogens is 348 g/mol. The van der Waals surface area contributed by atoms with Crippen molar-refractivity contribution in [3.8, 4) is 0 Å². The van der Waals surface area contributed by atoms with Gasteiger partial charge in [0.2, 0.25) is 5.91 Å². The maximum atomic E-state index is 11.9. The van der Waals surface area contributed by atoms with E-state index in [0.717, 1.165) is 18.0 Å². The van der Waals surface area contributed by atoms with Gasteiger partial charge in [0.05, 0.1) is 12.9 Å². The SMILES string of the molecule is COC(=O)CSCCC(=O)NCc1cccc(CN2CCC(C)CC2)c1. The Labute approximate surface area is 160 Å². The minimum atomic E-state index is -0.254. The van der Waals surface area contributed by atoms with E-state index in [9.17, 15) is 9.59 Å². The normalized spacial score (nSPS) is 15.6. The molecule has 0 spiro atoms. The molecule has 0 aromatic heterocycles. The van der Waals surface area contributed by atoms with Crippen molar-refractivity contribution in [1.82, 2.24) is 10.2 Å². The summed E-state index contributed by atoms with van der Waals surface area (Å²) in [6.07, 6.45) is 2.97. The molecule has 1 aromatic rings. The van der Waals surface area contributed by atoms with Crippen LogP contribution in [0.4, 0.5) is 0 Å². The number of benzene rings is 1. The van der Waals surface area contributed by atoms with Crippen molar-refractivity contribution < 1.29 is 14.3 Å². The fourth-order valence-corrected chi connectivity index (χ4v) is 3.74. The van der Waals surface area contributed by atoms with Gasteiger partial charge in [0.1, 0.15) is 0 Å². The van der Waals surface area contributed by atoms with Gasteiger partial charge in [-0.3, -0.25) is 14.5 Å². The van der Waals surface area contributed by atoms with E-state index in [1.54, 1.807) is 0 Å². The van der Waals surface area contributed by atoms with Crippen LogP contribution in [-0.4, -0.2) is 48.5 Å². The van der Waals surface area contributed by atoms with Crippen LogP contribution in [0.2, 0.25) is 0 Å². The number of amides is 1. The first kappa shape index (κ1) is 20.8. The number of esters is 1. The van der Waals surface area contributed by atoms with Gasteiger partial charge in [0.25, 0.3) is 0 Å². The molecule has 1 N–H and O–H groups in total. The van der Waals surface area contributed by atoms with Crippen molar-refractivity contribution in [1.29, 1.82) is 0 Å². The average Bonchev–Trinajstić information content (AvgIpc) is 2.65. The number of carbonyl (C=O) groups is 2. The topological polar surface area (TPSA) is 58.6 Å². The number of nitrogens with one attached hydrogen (secondary N) is 1. The minimum absolute atomic E-state index is 0.0118. The molecule has 1 amide bonds. The Morgan fingerprint density at radius 3 is 2.73 bits per heavy atom. The molecule has 0 atom stereocenters. The summed E-state index contributed by atoms with van der Waals surface area (Å²) in [5, 5.41) is 2.96. The lowest BCUT2D eigenvalue weighted by Crippen LogP contribution is -2.32. The number of nitrogens with zero attached hydrogens (tertiary/aromatic N) is 1. The number of rotatable bonds is 9. The Bertz CT molecular complexity index is 586. The summed E-state index contributed by atoms with van der Waals surface area (Å²) in [6.45, 7) is 6.20. The number of likely N-dealkylation sites (tertiary alicyclic amines) is 1. The van der Waals surface area contributed by atoms with Gasteiger partial charge in [-0.1, -0.05) is 31.2 Å². The predicted molar refractivity (Wildman–Crippen MR) is 106 cm³/mol. The summed E-state index contributed by atoms with van der Waals surface area (Å²) in [4.78, 5) is 25.4. The standard InChI is InChI=1S/C20H30N2O3S/c1-16-6-9-22(10-7-16)14-18-5-3-4-17(12-18)13-21-19(23)8-11-26-15-20(24)25-2/h3-5,12,16H,6-11,13-15H2,1-2H3,(H,21,23). The monoisotopic (exact) mass is 378 g/mol. The molecule has 0 aliphatic carbocycles. The maximum Gasteiger partial charge on any atom is 0.315 e. The molecule has 0 saturated carbocycles. The minimum Gasteiger partial charge on any atom is -0.468 e. The summed E-state index contributed by atoms with van der Waals surface area (Å²) in [6, 6.07) is 8.46. The van der Waals surface area contributed by atoms with Gasteiger partial charge < -0.3 is 10.1 Å². The summed E-state index contributed by atoms with van der Waals surface area (Å²) in [7, 11) is 1.37. The van der Waals surface area contributed by atoms with Crippen LogP contribution in [0, 0.1) is 5.92 Å². The highest BCUT2D eigenvalue weighted by molar-refractivity contribution is 7.99. The van der Waals surface area contributed by atoms with Crippen LogP contribution >= 0.6 is 11.8 Å². The smallest absolute Gasteiger partial charge is 0.315 e. The van der Waals surface area contributed by atoms with Crippen molar-refractivity contribution >= 4 is 23.6 Å². The van der Waals surface area contributed by atoms with Crippen molar-refractivity contribution in [2.24, 2.45) is 5.92 Å². The second kappa shape index (κ2) is 11.2. The average molecular weight is 379 g/mol. The molecule has 0 bridgehead atoms. The van der Waals surface area contributed by atoms with E-state index in [4.69, 9.17) is 0 Å². The number of hydrogen-bond acceptors (Lipinski definition) is 5. The molecule has 1 saturated heterocycles. The van der Waals surface area contributed by atoms with Crippen LogP contribution in [0.5, 0.6) is 0 Å². The van der Waals surface area contributed by atoms with Crippen LogP contribution in [0.25, 0.3) is 0 Å². The third-order valence-corrected chi connectivity index (χ3v) is 5.62. The van der Waals surface area contributed by atoms with E-state index in [1.165, 1.54) is 50.4 Å². The molecule has 1 heterocycles. The van der Waals surface area contributed by atoms with Gasteiger partial charge in [0.15, 0.2) is 0 Å². The summed E-state index contributed by atoms with van der Waals surface area (Å²) >= 11 is 1.42. The van der Waals surface area contributed by atoms with Crippen LogP contribution < -0.4 is 5.32 Å². The molecule has 1 aliphatic rings. The van der Waals surface area contributed by atoms with Crippen molar-refractivity contribution in [3.63, 3.8) is 0 Å². The van der Waals surface area contributed by atoms with E-state index < -0.39 is 0 Å². The molecule has 0 unspecified atom stereocenters. The Morgan fingerprint density at radius 2 is 2.00 bits per heavy atom. The lowest BCUT2D eigenvalue weighted by atomic mass is 9.98. The van der Waals surface area contributed by atoms with Gasteiger partial charge in [0, 0.05) is 25.3 Å². The molecule has 1 aromatic carbocycles. The van der Waals surface area contributed by atoms with E-state index >= 15 is 0 Å². The van der Waals surface area contributed by atoms with Crippen molar-refractivity contribution in [2.75, 3.05) is 31.7 Å². The Kier molecular flexibility index (Phi) is 8.98. The first-order valence-electron chi connectivity index (χ1n) is 9.28. The van der Waals surface area contributed by atoms with E-state index in [2.05, 4.69) is 40.1 Å². The second-order valence-electron chi connectivity index (χ2n) is 6.93. The summed E-state index contributed by atoms with van der Waals surface area (Å²) in [5.41, 5.74) is 2.43. The van der Waals surface area contributed by atoms with Crippen LogP contribution in [0.3, 0.4) is 0 Å². The lowest BCUT2D eigenvalue weighted by Gasteiger charge is -2.30. The van der Waals surface area contributed by atoms with Crippen LogP contribution in [0.1, 0.15) is 37.3 Å². The number of carbonyl (C=O) groups excluding carboxylic acids is 2. The fourth-order valence-electron chi connectivity index (χ4n) is 2.98. The van der Waals surface area contributed by atoms with Gasteiger partial charge in [-0.05, 0) is 43.0 Å². The first-order chi connectivity index (χ1) is 12.6. The molecular formula is C20H30N2O3S. The zero-order valence-electron chi connectivity index (χ0n) is 15.8. The van der Waals surface area contributed by atoms with Gasteiger partial charge in [-0.15, -0.1) is 11.8 Å². The zero-order chi connectivity index (χ0) is 18.8. The predicted octanol–water partition coefficient (Wildman–Crippen LogP) is 2.83. The van der Waals surface area contributed by atoms with Crippen molar-refractivity contribution in [2.45, 2.75) is 39.3 Å². The van der Waals surface area contributed by atoms with Crippen LogP contribution in [0.15, 0.2) is 24.3 Å². The van der Waals surface area contributed by atoms with Gasteiger partial charge in [-0.2, -0.15) is 0 Å². The molecule has 0 radical (unpaired) electrons. The molecule has 1 fully saturated rings. The molecule has 26 heavy (non-hydrogen) atoms. The Balaban J connectivity index is 1.69. The van der Waals surface area contributed by atoms with Crippen molar-refractivity contribution in [3.05, 3.63) is 35.4 Å². The summed E-state index contributed by atoms with van der Waals surface area (Å²) < 4.78 is 4.57. The highest BCUT2D eigenvalue weighted by Gasteiger charge is 2.15. The number of methoxy groups -OCH3 is 1. The highest BCUT2D eigenvalue weighted by Crippen LogP contribution is 2.18. The maximum absolute atomic E-state index is 11.9. The van der Waals surface area contributed by atoms with Gasteiger partial charge >= 0.3 is 5.97 Å². The fraction of sp³-hybridized carbons (Fsp3) is 0.600.